The Labute approximate surface area is 149 Å². The van der Waals surface area contributed by atoms with Gasteiger partial charge in [0.2, 0.25) is 11.0 Å². The number of hydrogen-bond donors (Lipinski definition) is 0. The monoisotopic (exact) mass is 380 g/mol. The molecule has 0 saturated heterocycles. The second-order valence-corrected chi connectivity index (χ2v) is 7.16. The molecule has 0 aliphatic rings. The van der Waals surface area contributed by atoms with Gasteiger partial charge in [0, 0.05) is 18.0 Å². The van der Waals surface area contributed by atoms with E-state index in [9.17, 15) is 14.9 Å². The molecule has 0 spiro atoms. The van der Waals surface area contributed by atoms with Gasteiger partial charge in [-0.3, -0.25) is 14.9 Å². The van der Waals surface area contributed by atoms with E-state index in [1.54, 1.807) is 24.3 Å². The molecule has 24 heavy (non-hydrogen) atoms. The minimum absolute atomic E-state index is 0.0143. The largest absolute Gasteiger partial charge is 0.324 e. The second-order valence-electron chi connectivity index (χ2n) is 4.62. The number of rotatable bonds is 4. The van der Waals surface area contributed by atoms with Crippen LogP contribution in [-0.4, -0.2) is 22.0 Å². The first-order valence-electron chi connectivity index (χ1n) is 6.59. The zero-order valence-corrected chi connectivity index (χ0v) is 14.6. The average Bonchev–Trinajstić information content (AvgIpc) is 3.13. The number of fused-ring (bicyclic) bond motifs is 1. The van der Waals surface area contributed by atoms with Gasteiger partial charge in [0.05, 0.1) is 26.2 Å². The molecule has 0 bridgehead atoms. The van der Waals surface area contributed by atoms with Gasteiger partial charge in [0.25, 0.3) is 0 Å². The van der Waals surface area contributed by atoms with E-state index in [0.29, 0.717) is 20.5 Å². The first-order valence-corrected chi connectivity index (χ1v) is 8.60. The van der Waals surface area contributed by atoms with E-state index in [2.05, 4.69) is 10.1 Å². The topological polar surface area (TPSA) is 88.7 Å². The van der Waals surface area contributed by atoms with E-state index < -0.39 is 4.92 Å². The van der Waals surface area contributed by atoms with Crippen LogP contribution in [0.5, 0.6) is 0 Å². The zero-order chi connectivity index (χ0) is 17.3. The van der Waals surface area contributed by atoms with Crippen LogP contribution < -0.4 is 5.01 Å². The third-order valence-electron chi connectivity index (χ3n) is 2.91. The smallest absolute Gasteiger partial charge is 0.273 e. The number of anilines is 1. The third kappa shape index (κ3) is 3.42. The van der Waals surface area contributed by atoms with Crippen LogP contribution in [0.1, 0.15) is 11.8 Å². The van der Waals surface area contributed by atoms with Crippen molar-refractivity contribution < 1.29 is 9.72 Å². The Kier molecular flexibility index (Phi) is 4.56. The van der Waals surface area contributed by atoms with E-state index in [1.807, 2.05) is 0 Å². The molecule has 0 atom stereocenters. The van der Waals surface area contributed by atoms with Crippen molar-refractivity contribution in [3.05, 3.63) is 50.3 Å². The number of nitrogens with zero attached hydrogens (tertiary/aromatic N) is 4. The first kappa shape index (κ1) is 16.5. The normalized spacial score (nSPS) is 11.2. The summed E-state index contributed by atoms with van der Waals surface area (Å²) in [5, 5.41) is 17.0. The standard InChI is InChI=1S/C14H9ClN4O3S2/c1-8(20)18(16-7-10-3-5-13(23-10)19(21)22)14-17-11-4-2-9(15)6-12(11)24-14/h2-7H,1H3/b16-7+. The van der Waals surface area contributed by atoms with Crippen molar-refractivity contribution in [1.82, 2.24) is 4.98 Å². The van der Waals surface area contributed by atoms with Gasteiger partial charge < -0.3 is 0 Å². The summed E-state index contributed by atoms with van der Waals surface area (Å²) in [5.41, 5.74) is 0.715. The van der Waals surface area contributed by atoms with Crippen LogP contribution in [0.2, 0.25) is 5.02 Å². The number of thiophene rings is 1. The summed E-state index contributed by atoms with van der Waals surface area (Å²) in [6.45, 7) is 1.37. The summed E-state index contributed by atoms with van der Waals surface area (Å²) in [6, 6.07) is 8.22. The van der Waals surface area contributed by atoms with Crippen molar-refractivity contribution in [3.63, 3.8) is 0 Å². The number of carbonyl (C=O) groups is 1. The lowest BCUT2D eigenvalue weighted by Gasteiger charge is -2.09. The molecule has 10 heteroatoms. The minimum Gasteiger partial charge on any atom is -0.273 e. The van der Waals surface area contributed by atoms with Gasteiger partial charge in [-0.2, -0.15) is 10.1 Å². The maximum atomic E-state index is 11.9. The maximum absolute atomic E-state index is 11.9. The van der Waals surface area contributed by atoms with Crippen molar-refractivity contribution in [3.8, 4) is 0 Å². The summed E-state index contributed by atoms with van der Waals surface area (Å²) in [5.74, 6) is -0.317. The Morgan fingerprint density at radius 3 is 2.83 bits per heavy atom. The molecular formula is C14H9ClN4O3S2. The lowest BCUT2D eigenvalue weighted by molar-refractivity contribution is -0.380. The molecule has 0 N–H and O–H groups in total. The van der Waals surface area contributed by atoms with Crippen molar-refractivity contribution in [1.29, 1.82) is 0 Å². The molecule has 3 rings (SSSR count). The number of thiazole rings is 1. The van der Waals surface area contributed by atoms with Gasteiger partial charge in [-0.15, -0.1) is 0 Å². The predicted molar refractivity (Wildman–Crippen MR) is 96.4 cm³/mol. The lowest BCUT2D eigenvalue weighted by Crippen LogP contribution is -2.22. The highest BCUT2D eigenvalue weighted by Gasteiger charge is 2.16. The molecule has 0 radical (unpaired) electrons. The predicted octanol–water partition coefficient (Wildman–Crippen LogP) is 4.31. The Balaban J connectivity index is 1.91. The molecule has 0 fully saturated rings. The summed E-state index contributed by atoms with van der Waals surface area (Å²) < 4.78 is 0.839. The molecule has 1 aromatic carbocycles. The van der Waals surface area contributed by atoms with Crippen LogP contribution in [0, 0.1) is 10.1 Å². The highest BCUT2D eigenvalue weighted by Crippen LogP contribution is 2.31. The van der Waals surface area contributed by atoms with Crippen LogP contribution in [0.3, 0.4) is 0 Å². The van der Waals surface area contributed by atoms with Crippen LogP contribution in [0.4, 0.5) is 10.1 Å². The summed E-state index contributed by atoms with van der Waals surface area (Å²) in [6.07, 6.45) is 1.40. The van der Waals surface area contributed by atoms with Gasteiger partial charge in [-0.25, -0.2) is 4.98 Å². The summed E-state index contributed by atoms with van der Waals surface area (Å²) in [7, 11) is 0. The average molecular weight is 381 g/mol. The zero-order valence-electron chi connectivity index (χ0n) is 12.2. The molecule has 0 unspecified atom stereocenters. The number of carbonyl (C=O) groups excluding carboxylic acids is 1. The molecule has 0 aliphatic carbocycles. The van der Waals surface area contributed by atoms with E-state index in [4.69, 9.17) is 11.6 Å². The van der Waals surface area contributed by atoms with Crippen molar-refractivity contribution in [2.45, 2.75) is 6.92 Å². The van der Waals surface area contributed by atoms with E-state index >= 15 is 0 Å². The quantitative estimate of drug-likeness (QED) is 0.383. The number of hydrogen-bond acceptors (Lipinski definition) is 7. The van der Waals surface area contributed by atoms with Crippen molar-refractivity contribution >= 4 is 66.7 Å². The van der Waals surface area contributed by atoms with E-state index in [1.165, 1.54) is 30.5 Å². The van der Waals surface area contributed by atoms with Gasteiger partial charge in [-0.05, 0) is 24.3 Å². The van der Waals surface area contributed by atoms with Crippen LogP contribution in [0.25, 0.3) is 10.2 Å². The molecule has 2 aromatic heterocycles. The molecule has 3 aromatic rings. The second kappa shape index (κ2) is 6.63. The van der Waals surface area contributed by atoms with Gasteiger partial charge in [0.15, 0.2) is 0 Å². The SMILES string of the molecule is CC(=O)N(/N=C/c1ccc([N+](=O)[O-])s1)c1nc2ccc(Cl)cc2s1. The van der Waals surface area contributed by atoms with Crippen molar-refractivity contribution in [2.24, 2.45) is 5.10 Å². The van der Waals surface area contributed by atoms with Crippen LogP contribution in [0.15, 0.2) is 35.4 Å². The molecule has 0 aliphatic heterocycles. The molecule has 2 heterocycles. The highest BCUT2D eigenvalue weighted by atomic mass is 35.5. The van der Waals surface area contributed by atoms with E-state index in [0.717, 1.165) is 21.0 Å². The molecular weight excluding hydrogens is 372 g/mol. The molecule has 122 valence electrons. The Bertz CT molecular complexity index is 966. The summed E-state index contributed by atoms with van der Waals surface area (Å²) in [4.78, 5) is 27.0. The highest BCUT2D eigenvalue weighted by molar-refractivity contribution is 7.22. The number of amides is 1. The van der Waals surface area contributed by atoms with E-state index in [-0.39, 0.29) is 10.9 Å². The number of benzene rings is 1. The number of hydrazone groups is 1. The Morgan fingerprint density at radius 2 is 2.17 bits per heavy atom. The van der Waals surface area contributed by atoms with Crippen LogP contribution >= 0.6 is 34.3 Å². The fraction of sp³-hybridized carbons (Fsp3) is 0.0714. The minimum atomic E-state index is -0.470. The first-order chi connectivity index (χ1) is 11.4. The van der Waals surface area contributed by atoms with Gasteiger partial charge in [0.1, 0.15) is 0 Å². The van der Waals surface area contributed by atoms with Gasteiger partial charge in [-0.1, -0.05) is 34.3 Å². The molecule has 0 saturated carbocycles. The number of halogens is 1. The van der Waals surface area contributed by atoms with Crippen molar-refractivity contribution in [2.75, 3.05) is 5.01 Å². The fourth-order valence-electron chi connectivity index (χ4n) is 1.87. The lowest BCUT2D eigenvalue weighted by atomic mass is 10.3. The molecule has 1 amide bonds. The third-order valence-corrected chi connectivity index (χ3v) is 5.11. The van der Waals surface area contributed by atoms with Crippen LogP contribution in [-0.2, 0) is 4.79 Å². The fourth-order valence-corrected chi connectivity index (χ4v) is 3.80. The van der Waals surface area contributed by atoms with Gasteiger partial charge >= 0.3 is 5.00 Å². The summed E-state index contributed by atoms with van der Waals surface area (Å²) >= 11 is 8.21. The maximum Gasteiger partial charge on any atom is 0.324 e. The Hall–Kier alpha value is -2.36. The molecule has 7 nitrogen and oxygen atoms in total. The Morgan fingerprint density at radius 1 is 1.38 bits per heavy atom. The number of nitro groups is 1. The number of aromatic nitrogens is 1.